The zero-order valence-corrected chi connectivity index (χ0v) is 13.7. The fourth-order valence-electron chi connectivity index (χ4n) is 2.15. The van der Waals surface area contributed by atoms with Crippen LogP contribution in [-0.4, -0.2) is 24.4 Å². The fraction of sp³-hybridized carbons (Fsp3) is 0.500. The van der Waals surface area contributed by atoms with Crippen LogP contribution < -0.4 is 11.2 Å². The molecular weight excluding hydrogens is 288 g/mol. The van der Waals surface area contributed by atoms with Crippen LogP contribution in [0, 0.1) is 0 Å². The Bertz CT molecular complexity index is 813. The third-order valence-electron chi connectivity index (χ3n) is 3.18. The molecule has 0 saturated heterocycles. The van der Waals surface area contributed by atoms with Crippen LogP contribution >= 0.6 is 11.8 Å². The highest BCUT2D eigenvalue weighted by atomic mass is 32.2. The van der Waals surface area contributed by atoms with Gasteiger partial charge in [-0.05, 0) is 13.3 Å². The van der Waals surface area contributed by atoms with Gasteiger partial charge in [0.25, 0.3) is 5.56 Å². The van der Waals surface area contributed by atoms with E-state index in [1.165, 1.54) is 11.6 Å². The van der Waals surface area contributed by atoms with E-state index in [1.807, 2.05) is 11.5 Å². The van der Waals surface area contributed by atoms with Crippen LogP contribution in [0.15, 0.2) is 26.9 Å². The van der Waals surface area contributed by atoms with Gasteiger partial charge in [-0.2, -0.15) is 0 Å². The number of thioether (sulfide) groups is 1. The van der Waals surface area contributed by atoms with Crippen molar-refractivity contribution in [3.05, 3.63) is 33.0 Å². The molecular formula is C14H20N4O2S. The van der Waals surface area contributed by atoms with Crippen molar-refractivity contribution in [2.75, 3.05) is 5.75 Å². The molecule has 0 fully saturated rings. The summed E-state index contributed by atoms with van der Waals surface area (Å²) in [5.74, 6) is 0.910. The molecule has 114 valence electrons. The summed E-state index contributed by atoms with van der Waals surface area (Å²) >= 11 is 1.59. The van der Waals surface area contributed by atoms with E-state index in [0.29, 0.717) is 17.7 Å². The van der Waals surface area contributed by atoms with Crippen LogP contribution in [0.1, 0.15) is 20.3 Å². The number of aryl methyl sites for hydroxylation is 1. The lowest BCUT2D eigenvalue weighted by atomic mass is 10.3. The third kappa shape index (κ3) is 2.70. The topological polar surface area (TPSA) is 61.8 Å². The smallest absolute Gasteiger partial charge is 0.309 e. The average Bonchev–Trinajstić information content (AvgIpc) is 2.78. The van der Waals surface area contributed by atoms with Crippen molar-refractivity contribution in [2.24, 2.45) is 14.1 Å². The average molecular weight is 308 g/mol. The highest BCUT2D eigenvalue weighted by molar-refractivity contribution is 7.99. The second-order valence-corrected chi connectivity index (χ2v) is 6.23. The first kappa shape index (κ1) is 15.6. The molecule has 0 saturated carbocycles. The summed E-state index contributed by atoms with van der Waals surface area (Å²) in [4.78, 5) is 29.0. The highest BCUT2D eigenvalue weighted by Crippen LogP contribution is 2.22. The van der Waals surface area contributed by atoms with E-state index in [9.17, 15) is 9.59 Å². The lowest BCUT2D eigenvalue weighted by molar-refractivity contribution is 0.694. The van der Waals surface area contributed by atoms with Gasteiger partial charge in [-0.25, -0.2) is 9.78 Å². The zero-order chi connectivity index (χ0) is 15.7. The molecule has 0 atom stereocenters. The van der Waals surface area contributed by atoms with Gasteiger partial charge in [0.15, 0.2) is 16.3 Å². The fourth-order valence-corrected chi connectivity index (χ4v) is 3.00. The molecule has 2 aromatic heterocycles. The number of hydrogen-bond donors (Lipinski definition) is 0. The monoisotopic (exact) mass is 308 g/mol. The van der Waals surface area contributed by atoms with Crippen LogP contribution in [0.4, 0.5) is 0 Å². The van der Waals surface area contributed by atoms with Gasteiger partial charge in [0.1, 0.15) is 0 Å². The summed E-state index contributed by atoms with van der Waals surface area (Å²) < 4.78 is 4.40. The van der Waals surface area contributed by atoms with E-state index in [1.54, 1.807) is 18.8 Å². The minimum atomic E-state index is -0.362. The Balaban J connectivity index is 2.83. The Labute approximate surface area is 127 Å². The molecule has 0 aliphatic rings. The van der Waals surface area contributed by atoms with Crippen molar-refractivity contribution in [1.29, 1.82) is 0 Å². The molecule has 0 spiro atoms. The molecule has 7 heteroatoms. The quantitative estimate of drug-likeness (QED) is 0.620. The minimum Gasteiger partial charge on any atom is -0.309 e. The number of nitrogens with zero attached hydrogens (tertiary/aromatic N) is 4. The Hall–Kier alpha value is -1.76. The highest BCUT2D eigenvalue weighted by Gasteiger charge is 2.19. The molecule has 6 nitrogen and oxygen atoms in total. The van der Waals surface area contributed by atoms with Gasteiger partial charge in [0, 0.05) is 26.4 Å². The van der Waals surface area contributed by atoms with Crippen molar-refractivity contribution in [1.82, 2.24) is 18.7 Å². The molecule has 0 amide bonds. The Morgan fingerprint density at radius 1 is 1.29 bits per heavy atom. The number of hydrogen-bond acceptors (Lipinski definition) is 4. The lowest BCUT2D eigenvalue weighted by Gasteiger charge is -2.08. The maximum absolute atomic E-state index is 12.4. The second-order valence-electron chi connectivity index (χ2n) is 5.16. The number of allylic oxidation sites excluding steroid dienone is 1. The molecule has 0 bridgehead atoms. The number of rotatable bonds is 5. The number of fused-ring (bicyclic) bond motifs is 1. The molecule has 0 aliphatic carbocycles. The van der Waals surface area contributed by atoms with E-state index >= 15 is 0 Å². The van der Waals surface area contributed by atoms with Gasteiger partial charge in [-0.1, -0.05) is 30.8 Å². The standard InChI is InChI=1S/C14H20N4O2S/c1-6-7-21-13-15-11-10(18(13)8-9(2)3)12(19)17(5)14(20)16(11)4/h2,6-8H2,1,3-5H3. The summed E-state index contributed by atoms with van der Waals surface area (Å²) in [5, 5.41) is 0.758. The van der Waals surface area contributed by atoms with Crippen molar-refractivity contribution >= 4 is 22.9 Å². The van der Waals surface area contributed by atoms with E-state index in [-0.39, 0.29) is 11.2 Å². The minimum absolute atomic E-state index is 0.315. The molecule has 0 unspecified atom stereocenters. The maximum Gasteiger partial charge on any atom is 0.332 e. The van der Waals surface area contributed by atoms with E-state index in [0.717, 1.165) is 27.5 Å². The van der Waals surface area contributed by atoms with E-state index < -0.39 is 0 Å². The molecule has 0 radical (unpaired) electrons. The summed E-state index contributed by atoms with van der Waals surface area (Å²) in [6.07, 6.45) is 1.01. The van der Waals surface area contributed by atoms with Gasteiger partial charge < -0.3 is 4.57 Å². The SMILES string of the molecule is C=C(C)Cn1c(SCCC)nc2c1c(=O)n(C)c(=O)n2C. The number of aromatic nitrogens is 4. The van der Waals surface area contributed by atoms with Gasteiger partial charge >= 0.3 is 5.69 Å². The summed E-state index contributed by atoms with van der Waals surface area (Å²) in [6, 6.07) is 0. The largest absolute Gasteiger partial charge is 0.332 e. The lowest BCUT2D eigenvalue weighted by Crippen LogP contribution is -2.37. The van der Waals surface area contributed by atoms with Crippen LogP contribution in [0.3, 0.4) is 0 Å². The van der Waals surface area contributed by atoms with Gasteiger partial charge in [-0.3, -0.25) is 13.9 Å². The van der Waals surface area contributed by atoms with Crippen molar-refractivity contribution in [3.63, 3.8) is 0 Å². The summed E-state index contributed by atoms with van der Waals surface area (Å²) in [6.45, 7) is 8.44. The van der Waals surface area contributed by atoms with Crippen LogP contribution in [0.5, 0.6) is 0 Å². The van der Waals surface area contributed by atoms with Crippen LogP contribution in [0.2, 0.25) is 0 Å². The molecule has 0 aliphatic heterocycles. The maximum atomic E-state index is 12.4. The van der Waals surface area contributed by atoms with Crippen LogP contribution in [-0.2, 0) is 20.6 Å². The molecule has 2 aromatic rings. The predicted molar refractivity (Wildman–Crippen MR) is 86.0 cm³/mol. The van der Waals surface area contributed by atoms with Gasteiger partial charge in [-0.15, -0.1) is 0 Å². The molecule has 2 rings (SSSR count). The van der Waals surface area contributed by atoms with Crippen molar-refractivity contribution < 1.29 is 0 Å². The summed E-state index contributed by atoms with van der Waals surface area (Å²) in [5.41, 5.74) is 1.15. The molecule has 2 heterocycles. The van der Waals surface area contributed by atoms with Gasteiger partial charge in [0.05, 0.1) is 0 Å². The Morgan fingerprint density at radius 2 is 1.95 bits per heavy atom. The van der Waals surface area contributed by atoms with Gasteiger partial charge in [0.2, 0.25) is 0 Å². The molecule has 0 aromatic carbocycles. The Kier molecular flexibility index (Phi) is 4.41. The van der Waals surface area contributed by atoms with Crippen LogP contribution in [0.25, 0.3) is 11.2 Å². The van der Waals surface area contributed by atoms with E-state index in [4.69, 9.17) is 0 Å². The first-order chi connectivity index (χ1) is 9.88. The normalized spacial score (nSPS) is 11.2. The molecule has 0 N–H and O–H groups in total. The van der Waals surface area contributed by atoms with Crippen molar-refractivity contribution in [3.8, 4) is 0 Å². The van der Waals surface area contributed by atoms with E-state index in [2.05, 4.69) is 18.5 Å². The first-order valence-corrected chi connectivity index (χ1v) is 7.80. The number of imidazole rings is 1. The predicted octanol–water partition coefficient (Wildman–Crippen LogP) is 1.51. The zero-order valence-electron chi connectivity index (χ0n) is 12.8. The third-order valence-corrected chi connectivity index (χ3v) is 4.36. The summed E-state index contributed by atoms with van der Waals surface area (Å²) in [7, 11) is 3.12. The second kappa shape index (κ2) is 5.93. The molecule has 21 heavy (non-hydrogen) atoms. The van der Waals surface area contributed by atoms with Crippen molar-refractivity contribution in [2.45, 2.75) is 32.0 Å². The first-order valence-electron chi connectivity index (χ1n) is 6.81. The Morgan fingerprint density at radius 3 is 2.52 bits per heavy atom.